The van der Waals surface area contributed by atoms with Crippen molar-refractivity contribution in [3.05, 3.63) is 29.3 Å². The van der Waals surface area contributed by atoms with Gasteiger partial charge in [0.1, 0.15) is 4.90 Å². The molecule has 2 amide bonds. The van der Waals surface area contributed by atoms with Gasteiger partial charge in [0, 0.05) is 25.2 Å². The molecule has 1 unspecified atom stereocenters. The molecular weight excluding hydrogens is 342 g/mol. The molecule has 0 aliphatic carbocycles. The zero-order valence-electron chi connectivity index (χ0n) is 14.5. The third kappa shape index (κ3) is 3.04. The molecule has 8 heteroatoms. The first-order valence-electron chi connectivity index (χ1n) is 8.55. The Morgan fingerprint density at radius 3 is 2.80 bits per heavy atom. The third-order valence-electron chi connectivity index (χ3n) is 4.84. The van der Waals surface area contributed by atoms with E-state index in [0.717, 1.165) is 23.7 Å². The topological polar surface area (TPSA) is 86.8 Å². The van der Waals surface area contributed by atoms with Crippen LogP contribution in [0, 0.1) is 5.92 Å². The van der Waals surface area contributed by atoms with E-state index in [1.807, 2.05) is 7.05 Å². The molecule has 0 saturated carbocycles. The molecule has 7 nitrogen and oxygen atoms in total. The summed E-state index contributed by atoms with van der Waals surface area (Å²) in [5, 5.41) is 3.14. The predicted molar refractivity (Wildman–Crippen MR) is 92.9 cm³/mol. The Kier molecular flexibility index (Phi) is 4.83. The Labute approximate surface area is 148 Å². The lowest BCUT2D eigenvalue weighted by atomic mass is 9.97. The number of sulfonamides is 1. The fourth-order valence-corrected chi connectivity index (χ4v) is 5.21. The minimum atomic E-state index is -3.85. The van der Waals surface area contributed by atoms with E-state index in [1.165, 1.54) is 12.1 Å². The maximum absolute atomic E-state index is 12.8. The Bertz CT molecular complexity index is 804. The molecule has 2 aliphatic heterocycles. The average molecular weight is 365 g/mol. The van der Waals surface area contributed by atoms with Crippen LogP contribution in [0.5, 0.6) is 0 Å². The Balaban J connectivity index is 1.88. The van der Waals surface area contributed by atoms with Crippen molar-refractivity contribution in [2.45, 2.75) is 24.7 Å². The molecule has 2 aliphatic rings. The summed E-state index contributed by atoms with van der Waals surface area (Å²) < 4.78 is 25.8. The summed E-state index contributed by atoms with van der Waals surface area (Å²) in [6.07, 6.45) is 2.01. The van der Waals surface area contributed by atoms with E-state index in [0.29, 0.717) is 24.6 Å². The molecule has 1 aromatic carbocycles. The molecule has 0 radical (unpaired) electrons. The van der Waals surface area contributed by atoms with Crippen LogP contribution in [0.25, 0.3) is 0 Å². The van der Waals surface area contributed by atoms with Gasteiger partial charge in [0.2, 0.25) is 0 Å². The number of piperidine rings is 1. The second kappa shape index (κ2) is 6.76. The highest BCUT2D eigenvalue weighted by atomic mass is 32.2. The standard InChI is InChI=1S/C17H23N3O4S/c1-3-20-17(22)14-7-6-13(9-15(14)25(20,23)24)16(21)19-8-4-5-12(11-19)10-18-2/h6-7,9,12,18H,3-5,8,10-11H2,1-2H3. The van der Waals surface area contributed by atoms with Gasteiger partial charge in [-0.05, 0) is 57.5 Å². The maximum Gasteiger partial charge on any atom is 0.268 e. The molecule has 0 spiro atoms. The van der Waals surface area contributed by atoms with E-state index >= 15 is 0 Å². The fraction of sp³-hybridized carbons (Fsp3) is 0.529. The molecule has 25 heavy (non-hydrogen) atoms. The quantitative estimate of drug-likeness (QED) is 0.857. The van der Waals surface area contributed by atoms with Crippen LogP contribution in [-0.2, 0) is 10.0 Å². The van der Waals surface area contributed by atoms with E-state index in [2.05, 4.69) is 5.32 Å². The second-order valence-electron chi connectivity index (χ2n) is 6.50. The van der Waals surface area contributed by atoms with Gasteiger partial charge in [0.25, 0.3) is 21.8 Å². The van der Waals surface area contributed by atoms with Gasteiger partial charge in [-0.3, -0.25) is 9.59 Å². The highest BCUT2D eigenvalue weighted by Gasteiger charge is 2.40. The van der Waals surface area contributed by atoms with E-state index in [-0.39, 0.29) is 22.9 Å². The van der Waals surface area contributed by atoms with Crippen LogP contribution in [0.3, 0.4) is 0 Å². The molecule has 1 saturated heterocycles. The van der Waals surface area contributed by atoms with E-state index in [9.17, 15) is 18.0 Å². The Morgan fingerprint density at radius 2 is 2.12 bits per heavy atom. The van der Waals surface area contributed by atoms with E-state index in [4.69, 9.17) is 0 Å². The van der Waals surface area contributed by atoms with E-state index in [1.54, 1.807) is 17.9 Å². The highest BCUT2D eigenvalue weighted by molar-refractivity contribution is 7.90. The van der Waals surface area contributed by atoms with Crippen molar-refractivity contribution in [3.63, 3.8) is 0 Å². The predicted octanol–water partition coefficient (Wildman–Crippen LogP) is 0.923. The molecule has 1 fully saturated rings. The number of nitrogens with zero attached hydrogens (tertiary/aromatic N) is 2. The molecule has 2 heterocycles. The van der Waals surface area contributed by atoms with Crippen molar-refractivity contribution < 1.29 is 18.0 Å². The number of hydrogen-bond acceptors (Lipinski definition) is 5. The van der Waals surface area contributed by atoms with Crippen LogP contribution in [0.2, 0.25) is 0 Å². The molecule has 0 bridgehead atoms. The van der Waals surface area contributed by atoms with E-state index < -0.39 is 15.9 Å². The molecule has 1 atom stereocenters. The van der Waals surface area contributed by atoms with Crippen LogP contribution < -0.4 is 5.32 Å². The van der Waals surface area contributed by atoms with Gasteiger partial charge in [0.15, 0.2) is 0 Å². The maximum atomic E-state index is 12.8. The Hall–Kier alpha value is -1.93. The van der Waals surface area contributed by atoms with Gasteiger partial charge >= 0.3 is 0 Å². The van der Waals surface area contributed by atoms with Crippen molar-refractivity contribution in [2.75, 3.05) is 33.2 Å². The summed E-state index contributed by atoms with van der Waals surface area (Å²) in [4.78, 5) is 26.7. The number of fused-ring (bicyclic) bond motifs is 1. The molecular formula is C17H23N3O4S. The first-order chi connectivity index (χ1) is 11.9. The smallest absolute Gasteiger partial charge is 0.268 e. The number of hydrogen-bond donors (Lipinski definition) is 1. The summed E-state index contributed by atoms with van der Waals surface area (Å²) in [5.74, 6) is -0.303. The SMILES string of the molecule is CCN1C(=O)c2ccc(C(=O)N3CCCC(CNC)C3)cc2S1(=O)=O. The highest BCUT2D eigenvalue weighted by Crippen LogP contribution is 2.31. The molecule has 1 aromatic rings. The molecule has 0 aromatic heterocycles. The normalized spacial score (nSPS) is 22.2. The minimum Gasteiger partial charge on any atom is -0.338 e. The lowest BCUT2D eigenvalue weighted by Crippen LogP contribution is -2.42. The van der Waals surface area contributed by atoms with Gasteiger partial charge in [-0.2, -0.15) is 0 Å². The number of benzene rings is 1. The number of nitrogens with one attached hydrogen (secondary N) is 1. The first-order valence-corrected chi connectivity index (χ1v) is 9.99. The van der Waals surface area contributed by atoms with Crippen molar-refractivity contribution in [3.8, 4) is 0 Å². The second-order valence-corrected chi connectivity index (χ2v) is 8.33. The van der Waals surface area contributed by atoms with Crippen LogP contribution in [0.4, 0.5) is 0 Å². The van der Waals surface area contributed by atoms with Gasteiger partial charge < -0.3 is 10.2 Å². The van der Waals surface area contributed by atoms with Crippen molar-refractivity contribution in [1.29, 1.82) is 0 Å². The lowest BCUT2D eigenvalue weighted by molar-refractivity contribution is 0.0673. The lowest BCUT2D eigenvalue weighted by Gasteiger charge is -2.32. The number of amides is 2. The fourth-order valence-electron chi connectivity index (χ4n) is 3.61. The van der Waals surface area contributed by atoms with Gasteiger partial charge in [-0.1, -0.05) is 0 Å². The van der Waals surface area contributed by atoms with Crippen molar-refractivity contribution in [1.82, 2.24) is 14.5 Å². The van der Waals surface area contributed by atoms with Crippen LogP contribution in [0.15, 0.2) is 23.1 Å². The molecule has 3 rings (SSSR count). The number of rotatable bonds is 4. The zero-order chi connectivity index (χ0) is 18.2. The van der Waals surface area contributed by atoms with Crippen LogP contribution in [0.1, 0.15) is 40.5 Å². The van der Waals surface area contributed by atoms with Gasteiger partial charge in [-0.25, -0.2) is 12.7 Å². The number of carbonyl (C=O) groups excluding carboxylic acids is 2. The molecule has 136 valence electrons. The van der Waals surface area contributed by atoms with Gasteiger partial charge in [-0.15, -0.1) is 0 Å². The summed E-state index contributed by atoms with van der Waals surface area (Å²) in [7, 11) is -1.96. The molecule has 1 N–H and O–H groups in total. The number of likely N-dealkylation sites (tertiary alicyclic amines) is 1. The van der Waals surface area contributed by atoms with Crippen molar-refractivity contribution in [2.24, 2.45) is 5.92 Å². The third-order valence-corrected chi connectivity index (χ3v) is 6.74. The summed E-state index contributed by atoms with van der Waals surface area (Å²) in [6.45, 7) is 3.87. The summed E-state index contributed by atoms with van der Waals surface area (Å²) >= 11 is 0. The first kappa shape index (κ1) is 17.9. The van der Waals surface area contributed by atoms with Crippen LogP contribution >= 0.6 is 0 Å². The minimum absolute atomic E-state index is 0.0611. The summed E-state index contributed by atoms with van der Waals surface area (Å²) in [6, 6.07) is 4.35. The van der Waals surface area contributed by atoms with Crippen LogP contribution in [-0.4, -0.2) is 62.7 Å². The number of carbonyl (C=O) groups is 2. The largest absolute Gasteiger partial charge is 0.338 e. The van der Waals surface area contributed by atoms with Gasteiger partial charge in [0.05, 0.1) is 5.56 Å². The van der Waals surface area contributed by atoms with Crippen molar-refractivity contribution >= 4 is 21.8 Å². The Morgan fingerprint density at radius 1 is 1.36 bits per heavy atom. The zero-order valence-corrected chi connectivity index (χ0v) is 15.3. The summed E-state index contributed by atoms with van der Waals surface area (Å²) in [5.41, 5.74) is 0.461. The monoisotopic (exact) mass is 365 g/mol. The average Bonchev–Trinajstić information content (AvgIpc) is 2.80.